The van der Waals surface area contributed by atoms with Gasteiger partial charge >= 0.3 is 0 Å². The molecule has 7 aromatic rings. The lowest BCUT2D eigenvalue weighted by molar-refractivity contribution is 0.567. The SMILES string of the molecule is CC(C)c1cc2c(=O)c3cc4c(cc3n(-c3cc(C(C)(C)C)cc(C(C)(C)C)c3)c2cc1C(C)C)c(=O)c1cc(C(C)C)c(C(C)C)cc1n4-c1cc(C(C)(C)C)cc(C(C)(C)C)c1. The molecule has 0 bridgehead atoms. The molecular weight excluding hydrogens is 781 g/mol. The van der Waals surface area contributed by atoms with Gasteiger partial charge in [0.15, 0.2) is 10.9 Å². The molecule has 0 unspecified atom stereocenters. The molecule has 0 atom stereocenters. The van der Waals surface area contributed by atoms with Gasteiger partial charge in [-0.2, -0.15) is 0 Å². The highest BCUT2D eigenvalue weighted by molar-refractivity contribution is 6.06. The first-order valence-electron chi connectivity index (χ1n) is 24.0. The molecule has 0 amide bonds. The lowest BCUT2D eigenvalue weighted by atomic mass is 9.80. The summed E-state index contributed by atoms with van der Waals surface area (Å²) in [7, 11) is 0. The molecular formula is C60H76N2O2. The van der Waals surface area contributed by atoms with Crippen molar-refractivity contribution in [3.05, 3.63) is 138 Å². The highest BCUT2D eigenvalue weighted by Crippen LogP contribution is 2.40. The Balaban J connectivity index is 1.82. The van der Waals surface area contributed by atoms with Crippen LogP contribution in [0.15, 0.2) is 82.4 Å². The minimum Gasteiger partial charge on any atom is -0.309 e. The van der Waals surface area contributed by atoms with Gasteiger partial charge in [-0.3, -0.25) is 9.59 Å². The molecule has 0 fully saturated rings. The fourth-order valence-corrected chi connectivity index (χ4v) is 9.61. The maximum Gasteiger partial charge on any atom is 0.197 e. The number of benzene rings is 5. The van der Waals surface area contributed by atoms with Gasteiger partial charge in [-0.15, -0.1) is 0 Å². The van der Waals surface area contributed by atoms with Gasteiger partial charge in [0.1, 0.15) is 0 Å². The average molecular weight is 857 g/mol. The number of rotatable bonds is 6. The molecule has 4 heteroatoms. The summed E-state index contributed by atoms with van der Waals surface area (Å²) in [5.74, 6) is 0.950. The van der Waals surface area contributed by atoms with Crippen molar-refractivity contribution >= 4 is 43.6 Å². The Labute approximate surface area is 384 Å². The lowest BCUT2D eigenvalue weighted by Crippen LogP contribution is -2.20. The summed E-state index contributed by atoms with van der Waals surface area (Å²) in [4.78, 5) is 31.1. The first kappa shape index (κ1) is 47.0. The summed E-state index contributed by atoms with van der Waals surface area (Å²) in [5.41, 5.74) is 14.4. The summed E-state index contributed by atoms with van der Waals surface area (Å²) in [5, 5.41) is 2.59. The van der Waals surface area contributed by atoms with Crippen LogP contribution < -0.4 is 10.9 Å². The first-order valence-corrected chi connectivity index (χ1v) is 24.0. The zero-order valence-electron chi connectivity index (χ0n) is 42.9. The molecule has 5 aromatic carbocycles. The van der Waals surface area contributed by atoms with Crippen LogP contribution in [0, 0.1) is 0 Å². The minimum absolute atomic E-state index is 0.0145. The van der Waals surface area contributed by atoms with E-state index >= 15 is 9.59 Å². The summed E-state index contributed by atoms with van der Waals surface area (Å²) < 4.78 is 4.61. The predicted octanol–water partition coefficient (Wildman–Crippen LogP) is 16.3. The number of aromatic nitrogens is 2. The number of fused-ring (bicyclic) bond motifs is 4. The van der Waals surface area contributed by atoms with E-state index in [-0.39, 0.29) is 56.2 Å². The molecule has 0 N–H and O–H groups in total. The van der Waals surface area contributed by atoms with Gasteiger partial charge in [0.05, 0.1) is 22.1 Å². The third-order valence-electron chi connectivity index (χ3n) is 13.8. The fraction of sp³-hybridized carbons (Fsp3) is 0.467. The fourth-order valence-electron chi connectivity index (χ4n) is 9.61. The zero-order valence-corrected chi connectivity index (χ0v) is 42.9. The second-order valence-corrected chi connectivity index (χ2v) is 24.4. The first-order chi connectivity index (χ1) is 29.4. The van der Waals surface area contributed by atoms with Gasteiger partial charge in [0, 0.05) is 32.9 Å². The van der Waals surface area contributed by atoms with E-state index in [1.54, 1.807) is 0 Å². The Morgan fingerprint density at radius 3 is 0.766 bits per heavy atom. The number of hydrogen-bond acceptors (Lipinski definition) is 2. The van der Waals surface area contributed by atoms with Crippen molar-refractivity contribution < 1.29 is 0 Å². The van der Waals surface area contributed by atoms with E-state index in [0.717, 1.165) is 33.4 Å². The van der Waals surface area contributed by atoms with Crippen LogP contribution in [0.2, 0.25) is 0 Å². The van der Waals surface area contributed by atoms with Gasteiger partial charge in [0.25, 0.3) is 0 Å². The van der Waals surface area contributed by atoms with E-state index in [4.69, 9.17) is 0 Å². The molecule has 338 valence electrons. The number of nitrogens with zero attached hydrogens (tertiary/aromatic N) is 2. The highest BCUT2D eigenvalue weighted by atomic mass is 16.1. The number of pyridine rings is 2. The van der Waals surface area contributed by atoms with Crippen molar-refractivity contribution in [1.29, 1.82) is 0 Å². The standard InChI is InChI=1S/C60H76N2O2/c1-33(2)43-27-47-51(29-45(43)35(5)6)61(41-23-37(57(9,10)11)21-38(24-41)58(12,13)14)53-32-50-54(31-49(53)55(47)63)62(42-25-39(59(15,16)17)22-40(26-42)60(18,19)20)52-30-46(36(7)8)44(34(3)4)28-48(52)56(50)64/h21-36H,1-20H3. The van der Waals surface area contributed by atoms with Crippen molar-refractivity contribution in [2.45, 2.75) is 184 Å². The third-order valence-corrected chi connectivity index (χ3v) is 13.8. The Hall–Kier alpha value is -4.96. The van der Waals surface area contributed by atoms with Crippen LogP contribution in [0.4, 0.5) is 0 Å². The normalized spacial score (nSPS) is 13.4. The molecule has 0 spiro atoms. The summed E-state index contributed by atoms with van der Waals surface area (Å²) in [6, 6.07) is 26.9. The maximum absolute atomic E-state index is 15.6. The van der Waals surface area contributed by atoms with E-state index < -0.39 is 0 Å². The molecule has 2 heterocycles. The Morgan fingerprint density at radius 1 is 0.312 bits per heavy atom. The van der Waals surface area contributed by atoms with E-state index in [1.807, 2.05) is 0 Å². The van der Waals surface area contributed by atoms with Crippen LogP contribution in [0.25, 0.3) is 55.0 Å². The highest BCUT2D eigenvalue weighted by Gasteiger charge is 2.27. The van der Waals surface area contributed by atoms with Gasteiger partial charge in [-0.05, 0) is 151 Å². The van der Waals surface area contributed by atoms with Crippen LogP contribution in [-0.2, 0) is 21.7 Å². The largest absolute Gasteiger partial charge is 0.309 e. The second kappa shape index (κ2) is 15.9. The van der Waals surface area contributed by atoms with E-state index in [2.05, 4.69) is 220 Å². The summed E-state index contributed by atoms with van der Waals surface area (Å²) in [6.07, 6.45) is 0. The molecule has 0 saturated carbocycles. The third kappa shape index (κ3) is 8.29. The maximum atomic E-state index is 15.6. The van der Waals surface area contributed by atoms with Crippen molar-refractivity contribution in [3.8, 4) is 11.4 Å². The van der Waals surface area contributed by atoms with Crippen LogP contribution in [0.3, 0.4) is 0 Å². The van der Waals surface area contributed by atoms with Gasteiger partial charge in [-0.25, -0.2) is 0 Å². The molecule has 0 radical (unpaired) electrons. The van der Waals surface area contributed by atoms with Crippen LogP contribution >= 0.6 is 0 Å². The molecule has 2 aromatic heterocycles. The van der Waals surface area contributed by atoms with Crippen molar-refractivity contribution in [3.63, 3.8) is 0 Å². The second-order valence-electron chi connectivity index (χ2n) is 24.4. The van der Waals surface area contributed by atoms with Gasteiger partial charge in [0.2, 0.25) is 0 Å². The smallest absolute Gasteiger partial charge is 0.197 e. The molecule has 0 saturated heterocycles. The van der Waals surface area contributed by atoms with Gasteiger partial charge < -0.3 is 9.13 Å². The minimum atomic E-state index is -0.135. The Bertz CT molecular complexity index is 2840. The molecule has 4 nitrogen and oxygen atoms in total. The van der Waals surface area contributed by atoms with Crippen LogP contribution in [-0.4, -0.2) is 9.13 Å². The lowest BCUT2D eigenvalue weighted by Gasteiger charge is -2.28. The molecule has 64 heavy (non-hydrogen) atoms. The van der Waals surface area contributed by atoms with E-state index in [1.165, 1.54) is 44.5 Å². The van der Waals surface area contributed by atoms with Crippen LogP contribution in [0.1, 0.15) is 207 Å². The predicted molar refractivity (Wildman–Crippen MR) is 279 cm³/mol. The van der Waals surface area contributed by atoms with E-state index in [9.17, 15) is 0 Å². The zero-order chi connectivity index (χ0) is 47.5. The topological polar surface area (TPSA) is 44.0 Å². The molecule has 0 aliphatic carbocycles. The molecule has 7 rings (SSSR count). The monoisotopic (exact) mass is 857 g/mol. The van der Waals surface area contributed by atoms with Crippen molar-refractivity contribution in [2.75, 3.05) is 0 Å². The van der Waals surface area contributed by atoms with Crippen LogP contribution in [0.5, 0.6) is 0 Å². The quantitative estimate of drug-likeness (QED) is 0.156. The molecule has 0 aliphatic rings. The van der Waals surface area contributed by atoms with Gasteiger partial charge in [-0.1, -0.05) is 151 Å². The van der Waals surface area contributed by atoms with E-state index in [0.29, 0.717) is 21.5 Å². The van der Waals surface area contributed by atoms with Crippen molar-refractivity contribution in [2.24, 2.45) is 0 Å². The average Bonchev–Trinajstić information content (AvgIpc) is 3.18. The summed E-state index contributed by atoms with van der Waals surface area (Å²) in [6.45, 7) is 45.1. The molecule has 0 aliphatic heterocycles. The summed E-state index contributed by atoms with van der Waals surface area (Å²) >= 11 is 0. The Morgan fingerprint density at radius 2 is 0.531 bits per heavy atom. The number of hydrogen-bond donors (Lipinski definition) is 0. The Kier molecular flexibility index (Phi) is 11.7. The van der Waals surface area contributed by atoms with Crippen molar-refractivity contribution in [1.82, 2.24) is 9.13 Å².